The fourth-order valence-corrected chi connectivity index (χ4v) is 2.15. The second-order valence-electron chi connectivity index (χ2n) is 4.70. The van der Waals surface area contributed by atoms with Gasteiger partial charge in [-0.05, 0) is 29.8 Å². The van der Waals surface area contributed by atoms with Gasteiger partial charge in [0, 0.05) is 0 Å². The molecule has 2 rings (SSSR count). The third-order valence-corrected chi connectivity index (χ3v) is 3.29. The van der Waals surface area contributed by atoms with Crippen LogP contribution in [0.5, 0.6) is 11.5 Å². The van der Waals surface area contributed by atoms with E-state index in [1.165, 1.54) is 50.6 Å². The highest BCUT2D eigenvalue weighted by Gasteiger charge is 2.19. The summed E-state index contributed by atoms with van der Waals surface area (Å²) in [7, 11) is 2.76. The number of nitro benzene ring substituents is 1. The number of halogens is 1. The van der Waals surface area contributed by atoms with E-state index in [1.54, 1.807) is 6.07 Å². The van der Waals surface area contributed by atoms with E-state index in [2.05, 4.69) is 0 Å². The van der Waals surface area contributed by atoms with Crippen molar-refractivity contribution in [3.8, 4) is 17.6 Å². The van der Waals surface area contributed by atoms with E-state index < -0.39 is 10.7 Å². The van der Waals surface area contributed by atoms with Crippen molar-refractivity contribution in [2.24, 2.45) is 0 Å². The molecular formula is C17H13FN2O4. The van der Waals surface area contributed by atoms with Gasteiger partial charge >= 0.3 is 0 Å². The van der Waals surface area contributed by atoms with E-state index in [9.17, 15) is 19.8 Å². The summed E-state index contributed by atoms with van der Waals surface area (Å²) in [5, 5.41) is 20.6. The number of nitro groups is 1. The Kier molecular flexibility index (Phi) is 5.12. The van der Waals surface area contributed by atoms with Gasteiger partial charge in [-0.1, -0.05) is 12.1 Å². The van der Waals surface area contributed by atoms with Gasteiger partial charge in [0.15, 0.2) is 11.5 Å². The maximum Gasteiger partial charge on any atom is 0.280 e. The molecule has 0 bridgehead atoms. The number of rotatable bonds is 5. The third kappa shape index (κ3) is 3.50. The van der Waals surface area contributed by atoms with Crippen LogP contribution in [0.25, 0.3) is 11.6 Å². The van der Waals surface area contributed by atoms with Crippen LogP contribution < -0.4 is 9.47 Å². The van der Waals surface area contributed by atoms with Crippen molar-refractivity contribution < 1.29 is 18.8 Å². The molecule has 2 aromatic carbocycles. The molecule has 0 aliphatic carbocycles. The quantitative estimate of drug-likeness (QED) is 0.360. The smallest absolute Gasteiger partial charge is 0.280 e. The largest absolute Gasteiger partial charge is 0.493 e. The molecular weight excluding hydrogens is 315 g/mol. The van der Waals surface area contributed by atoms with E-state index in [-0.39, 0.29) is 28.3 Å². The van der Waals surface area contributed by atoms with Crippen molar-refractivity contribution in [3.63, 3.8) is 0 Å². The maximum atomic E-state index is 13.3. The number of nitriles is 1. The van der Waals surface area contributed by atoms with Crippen molar-refractivity contribution in [3.05, 3.63) is 63.5 Å². The predicted octanol–water partition coefficient (Wildman–Crippen LogP) is 3.82. The van der Waals surface area contributed by atoms with Gasteiger partial charge in [-0.2, -0.15) is 5.26 Å². The molecule has 0 N–H and O–H groups in total. The molecule has 0 heterocycles. The number of methoxy groups -OCH3 is 2. The van der Waals surface area contributed by atoms with Crippen LogP contribution in [0.1, 0.15) is 11.1 Å². The lowest BCUT2D eigenvalue weighted by atomic mass is 10.0. The maximum absolute atomic E-state index is 13.3. The molecule has 0 atom stereocenters. The summed E-state index contributed by atoms with van der Waals surface area (Å²) in [5.74, 6) is -0.0213. The van der Waals surface area contributed by atoms with Crippen LogP contribution in [-0.4, -0.2) is 19.1 Å². The highest BCUT2D eigenvalue weighted by atomic mass is 19.1. The number of hydrogen-bond acceptors (Lipinski definition) is 5. The third-order valence-electron chi connectivity index (χ3n) is 3.29. The van der Waals surface area contributed by atoms with Gasteiger partial charge in [-0.15, -0.1) is 0 Å². The van der Waals surface area contributed by atoms with Crippen LogP contribution in [0.2, 0.25) is 0 Å². The van der Waals surface area contributed by atoms with Crippen molar-refractivity contribution in [2.45, 2.75) is 0 Å². The first-order valence-corrected chi connectivity index (χ1v) is 6.78. The minimum atomic E-state index is -0.589. The van der Waals surface area contributed by atoms with Gasteiger partial charge in [-0.3, -0.25) is 10.1 Å². The van der Waals surface area contributed by atoms with Crippen LogP contribution in [-0.2, 0) is 0 Å². The lowest BCUT2D eigenvalue weighted by Crippen LogP contribution is -1.97. The first-order valence-electron chi connectivity index (χ1n) is 6.78. The summed E-state index contributed by atoms with van der Waals surface area (Å²) in [6, 6.07) is 9.97. The molecule has 0 aliphatic heterocycles. The molecule has 0 amide bonds. The molecule has 24 heavy (non-hydrogen) atoms. The van der Waals surface area contributed by atoms with E-state index >= 15 is 0 Å². The lowest BCUT2D eigenvalue weighted by Gasteiger charge is -2.09. The van der Waals surface area contributed by atoms with Gasteiger partial charge in [0.1, 0.15) is 5.82 Å². The first kappa shape index (κ1) is 17.0. The average Bonchev–Trinajstić information content (AvgIpc) is 2.58. The van der Waals surface area contributed by atoms with E-state index in [0.29, 0.717) is 5.56 Å². The number of hydrogen-bond donors (Lipinski definition) is 0. The number of benzene rings is 2. The summed E-state index contributed by atoms with van der Waals surface area (Å²) in [4.78, 5) is 10.7. The SMILES string of the molecule is COc1cc(/C=C(/C#N)c2cccc(F)c2)c([N+](=O)[O-])cc1OC. The van der Waals surface area contributed by atoms with Crippen molar-refractivity contribution in [1.82, 2.24) is 0 Å². The summed E-state index contributed by atoms with van der Waals surface area (Å²) >= 11 is 0. The zero-order chi connectivity index (χ0) is 17.7. The zero-order valence-electron chi connectivity index (χ0n) is 12.9. The van der Waals surface area contributed by atoms with Gasteiger partial charge in [0.2, 0.25) is 0 Å². The molecule has 0 unspecified atom stereocenters. The fourth-order valence-electron chi connectivity index (χ4n) is 2.15. The predicted molar refractivity (Wildman–Crippen MR) is 86.1 cm³/mol. The van der Waals surface area contributed by atoms with Crippen LogP contribution in [0.3, 0.4) is 0 Å². The molecule has 0 aromatic heterocycles. The Bertz CT molecular complexity index is 856. The number of ether oxygens (including phenoxy) is 2. The lowest BCUT2D eigenvalue weighted by molar-refractivity contribution is -0.385. The van der Waals surface area contributed by atoms with Crippen LogP contribution >= 0.6 is 0 Å². The number of nitrogens with zero attached hydrogens (tertiary/aromatic N) is 2. The molecule has 0 saturated carbocycles. The Morgan fingerprint density at radius 3 is 2.46 bits per heavy atom. The first-order chi connectivity index (χ1) is 11.5. The highest BCUT2D eigenvalue weighted by molar-refractivity contribution is 5.91. The monoisotopic (exact) mass is 328 g/mol. The van der Waals surface area contributed by atoms with E-state index in [0.717, 1.165) is 0 Å². The Morgan fingerprint density at radius 2 is 1.92 bits per heavy atom. The van der Waals surface area contributed by atoms with Gasteiger partial charge in [0.05, 0.1) is 42.4 Å². The molecule has 0 radical (unpaired) electrons. The van der Waals surface area contributed by atoms with Gasteiger partial charge in [0.25, 0.3) is 5.69 Å². The highest BCUT2D eigenvalue weighted by Crippen LogP contribution is 2.36. The van der Waals surface area contributed by atoms with Crippen molar-refractivity contribution in [2.75, 3.05) is 14.2 Å². The number of allylic oxidation sites excluding steroid dienone is 1. The molecule has 122 valence electrons. The normalized spacial score (nSPS) is 10.8. The topological polar surface area (TPSA) is 85.4 Å². The summed E-state index contributed by atoms with van der Waals surface area (Å²) in [6.07, 6.45) is 1.31. The molecule has 6 nitrogen and oxygen atoms in total. The zero-order valence-corrected chi connectivity index (χ0v) is 12.9. The molecule has 0 aliphatic rings. The molecule has 0 saturated heterocycles. The van der Waals surface area contributed by atoms with E-state index in [1.807, 2.05) is 6.07 Å². The molecule has 0 spiro atoms. The average molecular weight is 328 g/mol. The van der Waals surface area contributed by atoms with Crippen LogP contribution in [0.15, 0.2) is 36.4 Å². The Hall–Kier alpha value is -3.40. The van der Waals surface area contributed by atoms with Crippen LogP contribution in [0.4, 0.5) is 10.1 Å². The van der Waals surface area contributed by atoms with Crippen LogP contribution in [0, 0.1) is 27.3 Å². The second kappa shape index (κ2) is 7.24. The fraction of sp³-hybridized carbons (Fsp3) is 0.118. The summed E-state index contributed by atoms with van der Waals surface area (Å²) in [6.45, 7) is 0. The van der Waals surface area contributed by atoms with Gasteiger partial charge in [-0.25, -0.2) is 4.39 Å². The molecule has 7 heteroatoms. The molecule has 0 fully saturated rings. The van der Waals surface area contributed by atoms with Gasteiger partial charge < -0.3 is 9.47 Å². The van der Waals surface area contributed by atoms with Crippen molar-refractivity contribution in [1.29, 1.82) is 5.26 Å². The minimum Gasteiger partial charge on any atom is -0.493 e. The van der Waals surface area contributed by atoms with E-state index in [4.69, 9.17) is 9.47 Å². The summed E-state index contributed by atoms with van der Waals surface area (Å²) < 4.78 is 23.5. The Labute approximate surface area is 137 Å². The summed E-state index contributed by atoms with van der Waals surface area (Å²) in [5.41, 5.74) is 0.307. The minimum absolute atomic E-state index is 0.0878. The Balaban J connectivity index is 2.65. The van der Waals surface area contributed by atoms with Crippen molar-refractivity contribution >= 4 is 17.3 Å². The molecule has 2 aromatic rings. The second-order valence-corrected chi connectivity index (χ2v) is 4.70. The standard InChI is InChI=1S/C17H13FN2O4/c1-23-16-8-12(15(20(21)22)9-17(16)24-2)6-13(10-19)11-4-3-5-14(18)7-11/h3-9H,1-2H3/b13-6-. The Morgan fingerprint density at radius 1 is 1.25 bits per heavy atom.